The van der Waals surface area contributed by atoms with Crippen molar-refractivity contribution in [2.24, 2.45) is 0 Å². The molecule has 1 radical (unpaired) electrons. The van der Waals surface area contributed by atoms with Crippen LogP contribution < -0.4 is 0 Å². The number of hydrogen-bond acceptors (Lipinski definition) is 4. The minimum Gasteiger partial charge on any atom is -0.501 e. The summed E-state index contributed by atoms with van der Waals surface area (Å²) >= 11 is 0. The molecule has 161 valence electrons. The molecule has 0 aliphatic carbocycles. The van der Waals surface area contributed by atoms with E-state index in [1.165, 1.54) is 5.56 Å². The molecule has 0 fully saturated rings. The van der Waals surface area contributed by atoms with Crippen LogP contribution in [0.3, 0.4) is 0 Å². The summed E-state index contributed by atoms with van der Waals surface area (Å²) < 4.78 is 6.07. The summed E-state index contributed by atoms with van der Waals surface area (Å²) in [7, 11) is 0. The number of aliphatic hydroxyl groups is 2. The second-order valence-electron chi connectivity index (χ2n) is 7.76. The van der Waals surface area contributed by atoms with Gasteiger partial charge in [0.2, 0.25) is 0 Å². The summed E-state index contributed by atoms with van der Waals surface area (Å²) in [5.41, 5.74) is 4.87. The molecule has 4 rings (SSSR count). The Hall–Kier alpha value is -2.04. The van der Waals surface area contributed by atoms with Gasteiger partial charge in [-0.3, -0.25) is 0 Å². The first-order valence-electron chi connectivity index (χ1n) is 10.0. The van der Waals surface area contributed by atoms with Crippen LogP contribution in [0.5, 0.6) is 0 Å². The molecule has 2 aromatic heterocycles. The third-order valence-electron chi connectivity index (χ3n) is 4.73. The Balaban J connectivity index is 0.000000350. The fourth-order valence-electron chi connectivity index (χ4n) is 3.32. The van der Waals surface area contributed by atoms with E-state index in [9.17, 15) is 0 Å². The van der Waals surface area contributed by atoms with Crippen molar-refractivity contribution >= 4 is 21.9 Å². The second kappa shape index (κ2) is 10.8. The Morgan fingerprint density at radius 2 is 1.67 bits per heavy atom. The molecule has 2 atom stereocenters. The Morgan fingerprint density at radius 1 is 0.967 bits per heavy atom. The fraction of sp³-hybridized carbons (Fsp3) is 0.320. The molecule has 2 aromatic carbocycles. The standard InChI is InChI=1S/C20H16NO.C5H12O2.Ir/c1-13(2)14-10-11-21-18(12-14)17-8-5-7-16-15-6-3-4-9-19(15)22-20(16)17;1-4(6)3-5(2)7;/h3-7,9-13H,1-2H3;4-7H,3H2,1-2H3;/q-1;;. The molecule has 0 saturated carbocycles. The number of nitrogens with zero attached hydrogens (tertiary/aromatic N) is 1. The molecule has 4 aromatic rings. The predicted molar refractivity (Wildman–Crippen MR) is 118 cm³/mol. The van der Waals surface area contributed by atoms with Crippen molar-refractivity contribution in [3.63, 3.8) is 0 Å². The number of aliphatic hydroxyl groups excluding tert-OH is 2. The van der Waals surface area contributed by atoms with Gasteiger partial charge in [0, 0.05) is 31.7 Å². The zero-order chi connectivity index (χ0) is 21.0. The molecule has 0 aliphatic rings. The zero-order valence-electron chi connectivity index (χ0n) is 17.7. The summed E-state index contributed by atoms with van der Waals surface area (Å²) in [4.78, 5) is 4.52. The molecule has 0 spiro atoms. The summed E-state index contributed by atoms with van der Waals surface area (Å²) in [6.07, 6.45) is 1.58. The van der Waals surface area contributed by atoms with Crippen LogP contribution in [0, 0.1) is 6.07 Å². The number of fused-ring (bicyclic) bond motifs is 3. The third-order valence-corrected chi connectivity index (χ3v) is 4.73. The Bertz CT molecular complexity index is 1080. The molecule has 0 amide bonds. The maximum Gasteiger partial charge on any atom is 0.120 e. The number of aromatic nitrogens is 1. The Labute approximate surface area is 191 Å². The molecule has 2 unspecified atom stereocenters. The smallest absolute Gasteiger partial charge is 0.120 e. The van der Waals surface area contributed by atoms with Gasteiger partial charge < -0.3 is 19.6 Å². The van der Waals surface area contributed by atoms with Crippen LogP contribution >= 0.6 is 0 Å². The van der Waals surface area contributed by atoms with Crippen molar-refractivity contribution in [2.45, 2.75) is 52.2 Å². The first-order chi connectivity index (χ1) is 13.9. The maximum absolute atomic E-state index is 8.56. The molecule has 0 bridgehead atoms. The van der Waals surface area contributed by atoms with E-state index in [-0.39, 0.29) is 32.3 Å². The largest absolute Gasteiger partial charge is 0.501 e. The van der Waals surface area contributed by atoms with Gasteiger partial charge in [0.15, 0.2) is 0 Å². The van der Waals surface area contributed by atoms with Crippen molar-refractivity contribution in [2.75, 3.05) is 0 Å². The molecule has 30 heavy (non-hydrogen) atoms. The first-order valence-corrected chi connectivity index (χ1v) is 10.0. The quantitative estimate of drug-likeness (QED) is 0.303. The molecule has 0 aliphatic heterocycles. The van der Waals surface area contributed by atoms with Crippen LogP contribution in [-0.2, 0) is 20.1 Å². The van der Waals surface area contributed by atoms with E-state index >= 15 is 0 Å². The van der Waals surface area contributed by atoms with Gasteiger partial charge in [-0.15, -0.1) is 18.2 Å². The van der Waals surface area contributed by atoms with Gasteiger partial charge in [0.1, 0.15) is 5.58 Å². The van der Waals surface area contributed by atoms with Gasteiger partial charge >= 0.3 is 0 Å². The van der Waals surface area contributed by atoms with E-state index < -0.39 is 0 Å². The van der Waals surface area contributed by atoms with E-state index in [2.05, 4.69) is 49.2 Å². The molecular formula is C25H28IrNO3-. The van der Waals surface area contributed by atoms with Crippen molar-refractivity contribution in [1.82, 2.24) is 4.98 Å². The van der Waals surface area contributed by atoms with Crippen molar-refractivity contribution in [1.29, 1.82) is 0 Å². The van der Waals surface area contributed by atoms with Gasteiger partial charge in [-0.1, -0.05) is 54.6 Å². The summed E-state index contributed by atoms with van der Waals surface area (Å²) in [6, 6.07) is 19.6. The van der Waals surface area contributed by atoms with Gasteiger partial charge in [-0.05, 0) is 44.0 Å². The fourth-order valence-corrected chi connectivity index (χ4v) is 3.32. The summed E-state index contributed by atoms with van der Waals surface area (Å²) in [6.45, 7) is 7.69. The zero-order valence-corrected chi connectivity index (χ0v) is 20.1. The Morgan fingerprint density at radius 3 is 2.30 bits per heavy atom. The summed E-state index contributed by atoms with van der Waals surface area (Å²) in [5.74, 6) is 0.469. The van der Waals surface area contributed by atoms with Crippen LogP contribution in [-0.4, -0.2) is 27.4 Å². The number of furan rings is 1. The van der Waals surface area contributed by atoms with E-state index in [4.69, 9.17) is 14.6 Å². The van der Waals surface area contributed by atoms with Gasteiger partial charge in [-0.25, -0.2) is 0 Å². The maximum atomic E-state index is 8.56. The van der Waals surface area contributed by atoms with Gasteiger partial charge in [-0.2, -0.15) is 0 Å². The minimum atomic E-state index is -0.375. The van der Waals surface area contributed by atoms with E-state index in [0.29, 0.717) is 12.3 Å². The number of hydrogen-bond donors (Lipinski definition) is 2. The van der Waals surface area contributed by atoms with Crippen molar-refractivity contribution in [3.8, 4) is 11.3 Å². The van der Waals surface area contributed by atoms with Crippen LogP contribution in [0.1, 0.15) is 45.6 Å². The number of rotatable bonds is 4. The Kier molecular flexibility index (Phi) is 8.75. The van der Waals surface area contributed by atoms with Crippen molar-refractivity contribution < 1.29 is 34.7 Å². The van der Waals surface area contributed by atoms with E-state index in [1.54, 1.807) is 13.8 Å². The third kappa shape index (κ3) is 5.77. The van der Waals surface area contributed by atoms with Crippen LogP contribution in [0.2, 0.25) is 0 Å². The average Bonchev–Trinajstić information content (AvgIpc) is 3.06. The molecule has 0 saturated heterocycles. The number of para-hydroxylation sites is 1. The van der Waals surface area contributed by atoms with Gasteiger partial charge in [0.25, 0.3) is 0 Å². The monoisotopic (exact) mass is 583 g/mol. The number of pyridine rings is 1. The second-order valence-corrected chi connectivity index (χ2v) is 7.76. The average molecular weight is 583 g/mol. The van der Waals surface area contributed by atoms with E-state index in [1.807, 2.05) is 30.5 Å². The first kappa shape index (κ1) is 24.2. The predicted octanol–water partition coefficient (Wildman–Crippen LogP) is 5.71. The van der Waals surface area contributed by atoms with Crippen LogP contribution in [0.25, 0.3) is 33.2 Å². The normalized spacial score (nSPS) is 12.9. The summed E-state index contributed by atoms with van der Waals surface area (Å²) in [5, 5.41) is 19.4. The van der Waals surface area contributed by atoms with Gasteiger partial charge in [0.05, 0.1) is 17.8 Å². The molecule has 2 heterocycles. The molecule has 2 N–H and O–H groups in total. The topological polar surface area (TPSA) is 66.5 Å². The van der Waals surface area contributed by atoms with Crippen molar-refractivity contribution in [3.05, 3.63) is 66.4 Å². The van der Waals surface area contributed by atoms with E-state index in [0.717, 1.165) is 33.2 Å². The minimum absolute atomic E-state index is 0. The SMILES string of the molecule is CC(C)c1ccnc(-c2[c-]ccc3c2oc2ccccc23)c1.CC(O)CC(C)O.[Ir]. The molecule has 4 nitrogen and oxygen atoms in total. The van der Waals surface area contributed by atoms with Crippen LogP contribution in [0.15, 0.2) is 59.1 Å². The van der Waals surface area contributed by atoms with Crippen LogP contribution in [0.4, 0.5) is 0 Å². The number of benzene rings is 2. The molecule has 5 heteroatoms. The molecular weight excluding hydrogens is 554 g/mol.